The van der Waals surface area contributed by atoms with E-state index in [0.717, 1.165) is 29.5 Å². The van der Waals surface area contributed by atoms with Crippen LogP contribution in [0.4, 0.5) is 0 Å². The van der Waals surface area contributed by atoms with Crippen LogP contribution in [0.3, 0.4) is 0 Å². The maximum Gasteiger partial charge on any atom is 0.331 e. The lowest BCUT2D eigenvalue weighted by Crippen LogP contribution is -2.32. The summed E-state index contributed by atoms with van der Waals surface area (Å²) in [5.41, 5.74) is 1.73. The van der Waals surface area contributed by atoms with E-state index in [9.17, 15) is 9.59 Å². The van der Waals surface area contributed by atoms with Gasteiger partial charge in [0.1, 0.15) is 6.61 Å². The zero-order chi connectivity index (χ0) is 22.3. The highest BCUT2D eigenvalue weighted by atomic mass is 35.5. The third-order valence-corrected chi connectivity index (χ3v) is 7.67. The molecule has 4 rings (SSSR count). The Hall–Kier alpha value is -2.25. The Labute approximate surface area is 190 Å². The maximum absolute atomic E-state index is 13.3. The average Bonchev–Trinajstić information content (AvgIpc) is 3.10. The van der Waals surface area contributed by atoms with E-state index in [-0.39, 0.29) is 17.6 Å². The number of aryl methyl sites for hydroxylation is 1. The number of hydrogen-bond donors (Lipinski definition) is 0. The number of carbonyl (C=O) groups is 1. The second-order valence-corrected chi connectivity index (χ2v) is 10.7. The molecule has 0 radical (unpaired) electrons. The summed E-state index contributed by atoms with van der Waals surface area (Å²) in [7, 11) is 0. The van der Waals surface area contributed by atoms with Gasteiger partial charge in [-0.2, -0.15) is 4.68 Å². The summed E-state index contributed by atoms with van der Waals surface area (Å²) in [4.78, 5) is 27.7. The molecular formula is C23H26ClN3O3S. The molecule has 3 aromatic rings. The second-order valence-electron chi connectivity index (χ2n) is 9.20. The zero-order valence-electron chi connectivity index (χ0n) is 18.1. The van der Waals surface area contributed by atoms with E-state index >= 15 is 0 Å². The van der Waals surface area contributed by atoms with Gasteiger partial charge in [-0.25, -0.2) is 4.79 Å². The van der Waals surface area contributed by atoms with Gasteiger partial charge in [-0.15, -0.1) is 16.4 Å². The highest BCUT2D eigenvalue weighted by molar-refractivity contribution is 7.18. The number of nitrogens with zero attached hydrogens (tertiary/aromatic N) is 3. The summed E-state index contributed by atoms with van der Waals surface area (Å²) in [6.45, 7) is 8.43. The van der Waals surface area contributed by atoms with Gasteiger partial charge in [-0.3, -0.25) is 4.79 Å². The molecule has 2 heterocycles. The van der Waals surface area contributed by atoms with E-state index in [1.807, 2.05) is 12.1 Å². The molecule has 0 amide bonds. The Bertz CT molecular complexity index is 1190. The molecule has 8 heteroatoms. The van der Waals surface area contributed by atoms with Gasteiger partial charge in [-0.05, 0) is 49.1 Å². The van der Waals surface area contributed by atoms with Crippen molar-refractivity contribution in [1.82, 2.24) is 15.0 Å². The Morgan fingerprint density at radius 3 is 2.81 bits per heavy atom. The molecule has 31 heavy (non-hydrogen) atoms. The molecule has 0 spiro atoms. The molecule has 164 valence electrons. The van der Waals surface area contributed by atoms with Crippen molar-refractivity contribution >= 4 is 39.1 Å². The summed E-state index contributed by atoms with van der Waals surface area (Å²) in [6, 6.07) is 6.29. The molecule has 0 saturated heterocycles. The van der Waals surface area contributed by atoms with E-state index < -0.39 is 12.0 Å². The van der Waals surface area contributed by atoms with Gasteiger partial charge in [0, 0.05) is 15.5 Å². The van der Waals surface area contributed by atoms with Crippen molar-refractivity contribution in [3.8, 4) is 0 Å². The minimum absolute atomic E-state index is 0.0370. The topological polar surface area (TPSA) is 74.1 Å². The van der Waals surface area contributed by atoms with Crippen LogP contribution in [0, 0.1) is 11.3 Å². The molecule has 0 saturated carbocycles. The molecule has 1 aliphatic carbocycles. The van der Waals surface area contributed by atoms with Crippen LogP contribution in [0.5, 0.6) is 0 Å². The van der Waals surface area contributed by atoms with Crippen LogP contribution in [-0.4, -0.2) is 21.0 Å². The number of benzene rings is 1. The van der Waals surface area contributed by atoms with Gasteiger partial charge in [0.05, 0.1) is 5.39 Å². The first-order valence-corrected chi connectivity index (χ1v) is 11.7. The smallest absolute Gasteiger partial charge is 0.331 e. The SMILES string of the molecule is C[C@@H](C(=O)OCc1ccccc1Cl)n1nnc2sc3c(c2c1=O)CC[C@H](C(C)(C)C)C3. The largest absolute Gasteiger partial charge is 0.459 e. The fourth-order valence-electron chi connectivity index (χ4n) is 4.08. The number of ether oxygens (including phenoxy) is 1. The zero-order valence-corrected chi connectivity index (χ0v) is 19.7. The predicted molar refractivity (Wildman–Crippen MR) is 123 cm³/mol. The van der Waals surface area contributed by atoms with Crippen LogP contribution in [0.2, 0.25) is 5.02 Å². The Morgan fingerprint density at radius 2 is 2.10 bits per heavy atom. The van der Waals surface area contributed by atoms with E-state index in [4.69, 9.17) is 16.3 Å². The number of carbonyl (C=O) groups excluding carboxylic acids is 1. The minimum atomic E-state index is -0.881. The van der Waals surface area contributed by atoms with Crippen molar-refractivity contribution in [2.45, 2.75) is 59.6 Å². The number of halogens is 1. The summed E-state index contributed by atoms with van der Waals surface area (Å²) in [5.74, 6) is 0.0227. The monoisotopic (exact) mass is 459 g/mol. The molecule has 0 fully saturated rings. The average molecular weight is 460 g/mol. The highest BCUT2D eigenvalue weighted by Gasteiger charge is 2.32. The van der Waals surface area contributed by atoms with Crippen molar-refractivity contribution in [1.29, 1.82) is 0 Å². The second kappa shape index (κ2) is 8.36. The fraction of sp³-hybridized carbons (Fsp3) is 0.478. The van der Waals surface area contributed by atoms with Crippen molar-refractivity contribution in [3.05, 3.63) is 55.6 Å². The Kier molecular flexibility index (Phi) is 5.92. The first-order chi connectivity index (χ1) is 14.7. The summed E-state index contributed by atoms with van der Waals surface area (Å²) in [6.07, 6.45) is 2.85. The summed E-state index contributed by atoms with van der Waals surface area (Å²) >= 11 is 7.67. The molecule has 2 aromatic heterocycles. The number of fused-ring (bicyclic) bond motifs is 3. The molecule has 0 N–H and O–H groups in total. The van der Waals surface area contributed by atoms with E-state index in [1.54, 1.807) is 30.4 Å². The first kappa shape index (κ1) is 22.0. The third kappa shape index (κ3) is 4.26. The van der Waals surface area contributed by atoms with Gasteiger partial charge in [-0.1, -0.05) is 55.8 Å². The molecule has 0 aliphatic heterocycles. The minimum Gasteiger partial charge on any atom is -0.459 e. The van der Waals surface area contributed by atoms with Crippen molar-refractivity contribution in [2.24, 2.45) is 11.3 Å². The highest BCUT2D eigenvalue weighted by Crippen LogP contribution is 2.41. The number of aromatic nitrogens is 3. The van der Waals surface area contributed by atoms with Crippen LogP contribution >= 0.6 is 22.9 Å². The lowest BCUT2D eigenvalue weighted by atomic mass is 9.72. The van der Waals surface area contributed by atoms with Gasteiger partial charge in [0.15, 0.2) is 10.9 Å². The molecule has 6 nitrogen and oxygen atoms in total. The fourth-order valence-corrected chi connectivity index (χ4v) is 5.51. The molecule has 1 aliphatic rings. The van der Waals surface area contributed by atoms with Gasteiger partial charge >= 0.3 is 5.97 Å². The summed E-state index contributed by atoms with van der Waals surface area (Å²) < 4.78 is 6.53. The predicted octanol–water partition coefficient (Wildman–Crippen LogP) is 4.96. The van der Waals surface area contributed by atoms with E-state index in [2.05, 4.69) is 31.1 Å². The quantitative estimate of drug-likeness (QED) is 0.515. The molecular weight excluding hydrogens is 434 g/mol. The van der Waals surface area contributed by atoms with Crippen LogP contribution < -0.4 is 5.56 Å². The van der Waals surface area contributed by atoms with Crippen molar-refractivity contribution < 1.29 is 9.53 Å². The molecule has 1 aromatic carbocycles. The van der Waals surface area contributed by atoms with Crippen LogP contribution in [0.1, 0.15) is 56.2 Å². The molecule has 2 atom stereocenters. The van der Waals surface area contributed by atoms with Crippen molar-refractivity contribution in [3.63, 3.8) is 0 Å². The van der Waals surface area contributed by atoms with Gasteiger partial charge in [0.2, 0.25) is 0 Å². The Morgan fingerprint density at radius 1 is 1.35 bits per heavy atom. The van der Waals surface area contributed by atoms with Crippen LogP contribution in [0.25, 0.3) is 10.2 Å². The lowest BCUT2D eigenvalue weighted by molar-refractivity contribution is -0.148. The third-order valence-electron chi connectivity index (χ3n) is 6.16. The normalized spacial score (nSPS) is 17.4. The number of esters is 1. The number of hydrogen-bond acceptors (Lipinski definition) is 6. The standard InChI is InChI=1S/C23H26ClN3O3S/c1-13(22(29)30-12-14-7-5-6-8-17(14)24)27-21(28)19-16-10-9-15(23(2,3)4)11-18(16)31-20(19)25-26-27/h5-8,13,15H,9-12H2,1-4H3/t13-,15-/m0/s1. The van der Waals surface area contributed by atoms with Crippen LogP contribution in [0.15, 0.2) is 29.1 Å². The Balaban J connectivity index is 1.59. The molecule has 0 unspecified atom stereocenters. The molecule has 0 bridgehead atoms. The van der Waals surface area contributed by atoms with Crippen molar-refractivity contribution in [2.75, 3.05) is 0 Å². The van der Waals surface area contributed by atoms with Gasteiger partial charge in [0.25, 0.3) is 5.56 Å². The summed E-state index contributed by atoms with van der Waals surface area (Å²) in [5, 5.41) is 9.45. The van der Waals surface area contributed by atoms with E-state index in [0.29, 0.717) is 26.7 Å². The number of thiophene rings is 1. The maximum atomic E-state index is 13.3. The van der Waals surface area contributed by atoms with E-state index in [1.165, 1.54) is 4.88 Å². The lowest BCUT2D eigenvalue weighted by Gasteiger charge is -2.33. The van der Waals surface area contributed by atoms with Gasteiger partial charge < -0.3 is 4.74 Å². The number of rotatable bonds is 4. The first-order valence-electron chi connectivity index (χ1n) is 10.5. The van der Waals surface area contributed by atoms with Crippen LogP contribution in [-0.2, 0) is 29.0 Å².